The molecule has 1 aliphatic rings. The van der Waals surface area contributed by atoms with Gasteiger partial charge >= 0.3 is 5.97 Å². The Kier molecular flexibility index (Phi) is 8.31. The number of carboxylic acid groups (broad SMARTS) is 1. The molecule has 2 N–H and O–H groups in total. The second-order valence-electron chi connectivity index (χ2n) is 9.34. The number of nitrogens with one attached hydrogen (secondary N) is 1. The molecule has 2 aromatic rings. The van der Waals surface area contributed by atoms with Crippen molar-refractivity contribution in [1.29, 1.82) is 0 Å². The number of piperidine rings is 1. The fourth-order valence-electron chi connectivity index (χ4n) is 4.50. The Bertz CT molecular complexity index is 1020. The minimum absolute atomic E-state index is 0.177. The Morgan fingerprint density at radius 1 is 1.09 bits per heavy atom. The summed E-state index contributed by atoms with van der Waals surface area (Å²) in [4.78, 5) is 39.8. The molecule has 7 nitrogen and oxygen atoms in total. The number of benzene rings is 1. The Hall–Kier alpha value is -3.09. The number of aromatic nitrogens is 1. The van der Waals surface area contributed by atoms with Gasteiger partial charge in [-0.1, -0.05) is 32.0 Å². The van der Waals surface area contributed by atoms with Crippen LogP contribution in [0.4, 0.5) is 5.69 Å². The fraction of sp³-hybridized carbons (Fsp3) is 0.500. The van der Waals surface area contributed by atoms with Crippen LogP contribution in [0.15, 0.2) is 47.4 Å². The highest BCUT2D eigenvalue weighted by atomic mass is 16.4. The first kappa shape index (κ1) is 24.6. The first-order valence-corrected chi connectivity index (χ1v) is 11.8. The smallest absolute Gasteiger partial charge is 0.305 e. The third-order valence-electron chi connectivity index (χ3n) is 6.21. The third-order valence-corrected chi connectivity index (χ3v) is 6.21. The van der Waals surface area contributed by atoms with Crippen molar-refractivity contribution in [2.24, 2.45) is 5.92 Å². The Morgan fingerprint density at radius 3 is 2.45 bits per heavy atom. The molecule has 1 amide bonds. The molecule has 2 heterocycles. The summed E-state index contributed by atoms with van der Waals surface area (Å²) in [5.41, 5.74) is 2.74. The van der Waals surface area contributed by atoms with Crippen LogP contribution >= 0.6 is 0 Å². The largest absolute Gasteiger partial charge is 0.481 e. The van der Waals surface area contributed by atoms with E-state index in [1.807, 2.05) is 32.0 Å². The van der Waals surface area contributed by atoms with Gasteiger partial charge in [-0.3, -0.25) is 14.4 Å². The molecule has 0 radical (unpaired) electrons. The normalized spacial score (nSPS) is 15.8. The average molecular weight is 454 g/mol. The highest BCUT2D eigenvalue weighted by Crippen LogP contribution is 2.29. The molecule has 2 atom stereocenters. The van der Waals surface area contributed by atoms with Gasteiger partial charge in [-0.15, -0.1) is 0 Å². The van der Waals surface area contributed by atoms with E-state index in [1.54, 1.807) is 18.3 Å². The molecule has 0 saturated carbocycles. The fourth-order valence-corrected chi connectivity index (χ4v) is 4.50. The lowest BCUT2D eigenvalue weighted by atomic mass is 9.97. The van der Waals surface area contributed by atoms with Crippen LogP contribution in [-0.4, -0.2) is 34.6 Å². The molecule has 0 aliphatic carbocycles. The molecule has 1 fully saturated rings. The zero-order chi connectivity index (χ0) is 24.0. The number of amides is 1. The molecule has 1 aliphatic heterocycles. The van der Waals surface area contributed by atoms with Gasteiger partial charge in [0, 0.05) is 31.0 Å². The maximum atomic E-state index is 13.4. The predicted molar refractivity (Wildman–Crippen MR) is 130 cm³/mol. The molecule has 1 unspecified atom stereocenters. The Balaban J connectivity index is 1.91. The summed E-state index contributed by atoms with van der Waals surface area (Å²) >= 11 is 0. The standard InChI is InChI=1S/C26H35N3O4/c1-18(2)15-23(29-14-8-5-9-24(29)30)26(33)27-21(17-25(31)32)20-11-10-19(3)22(16-20)28-12-6-4-7-13-28/h5,8-11,14,16,18,21,23H,4,6-7,12-13,15,17H2,1-3H3,(H,27,33)(H,31,32)/t21-,23?/m0/s1. The molecule has 1 aromatic carbocycles. The van der Waals surface area contributed by atoms with E-state index >= 15 is 0 Å². The summed E-state index contributed by atoms with van der Waals surface area (Å²) in [6, 6.07) is 9.30. The van der Waals surface area contributed by atoms with Gasteiger partial charge in [-0.05, 0) is 61.8 Å². The van der Waals surface area contributed by atoms with Crippen LogP contribution < -0.4 is 15.8 Å². The number of carboxylic acids is 1. The van der Waals surface area contributed by atoms with E-state index in [4.69, 9.17) is 0 Å². The van der Waals surface area contributed by atoms with Crippen molar-refractivity contribution in [3.05, 3.63) is 64.1 Å². The summed E-state index contributed by atoms with van der Waals surface area (Å²) in [6.45, 7) is 8.00. The van der Waals surface area contributed by atoms with Crippen LogP contribution in [0.1, 0.15) is 69.2 Å². The molecule has 0 spiro atoms. The van der Waals surface area contributed by atoms with E-state index in [0.29, 0.717) is 6.42 Å². The summed E-state index contributed by atoms with van der Waals surface area (Å²) < 4.78 is 1.43. The Morgan fingerprint density at radius 2 is 1.82 bits per heavy atom. The first-order chi connectivity index (χ1) is 15.8. The van der Waals surface area contributed by atoms with Gasteiger partial charge < -0.3 is 19.9 Å². The van der Waals surface area contributed by atoms with Crippen molar-refractivity contribution in [2.45, 2.75) is 65.0 Å². The van der Waals surface area contributed by atoms with Gasteiger partial charge in [0.25, 0.3) is 5.56 Å². The van der Waals surface area contributed by atoms with Gasteiger partial charge in [-0.2, -0.15) is 0 Å². The number of hydrogen-bond donors (Lipinski definition) is 2. The lowest BCUT2D eigenvalue weighted by molar-refractivity contribution is -0.138. The molecule has 0 bridgehead atoms. The molecule has 7 heteroatoms. The lowest BCUT2D eigenvalue weighted by Crippen LogP contribution is -2.40. The van der Waals surface area contributed by atoms with Gasteiger partial charge in [-0.25, -0.2) is 0 Å². The van der Waals surface area contributed by atoms with Crippen molar-refractivity contribution in [2.75, 3.05) is 18.0 Å². The van der Waals surface area contributed by atoms with Gasteiger partial charge in [0.15, 0.2) is 0 Å². The highest BCUT2D eigenvalue weighted by Gasteiger charge is 2.27. The molecule has 1 saturated heterocycles. The van der Waals surface area contributed by atoms with Crippen molar-refractivity contribution in [3.63, 3.8) is 0 Å². The zero-order valence-corrected chi connectivity index (χ0v) is 19.8. The summed E-state index contributed by atoms with van der Waals surface area (Å²) in [7, 11) is 0. The molecular weight excluding hydrogens is 418 g/mol. The molecular formula is C26H35N3O4. The number of aryl methyl sites for hydroxylation is 1. The van der Waals surface area contributed by atoms with Crippen LogP contribution in [0.2, 0.25) is 0 Å². The first-order valence-electron chi connectivity index (χ1n) is 11.8. The predicted octanol–water partition coefficient (Wildman–Crippen LogP) is 4.07. The molecule has 3 rings (SSSR count). The number of rotatable bonds is 9. The van der Waals surface area contributed by atoms with E-state index in [2.05, 4.69) is 17.1 Å². The number of anilines is 1. The number of nitrogens with zero attached hydrogens (tertiary/aromatic N) is 2. The minimum atomic E-state index is -0.988. The Labute approximate surface area is 195 Å². The van der Waals surface area contributed by atoms with Crippen molar-refractivity contribution in [1.82, 2.24) is 9.88 Å². The highest BCUT2D eigenvalue weighted by molar-refractivity contribution is 5.81. The minimum Gasteiger partial charge on any atom is -0.481 e. The van der Waals surface area contributed by atoms with E-state index in [9.17, 15) is 19.5 Å². The van der Waals surface area contributed by atoms with Crippen LogP contribution in [-0.2, 0) is 9.59 Å². The van der Waals surface area contributed by atoms with E-state index in [-0.39, 0.29) is 23.8 Å². The van der Waals surface area contributed by atoms with Gasteiger partial charge in [0.1, 0.15) is 6.04 Å². The molecule has 1 aromatic heterocycles. The number of carbonyl (C=O) groups excluding carboxylic acids is 1. The van der Waals surface area contributed by atoms with Crippen molar-refractivity contribution in [3.8, 4) is 0 Å². The SMILES string of the molecule is Cc1ccc([C@H](CC(=O)O)NC(=O)C(CC(C)C)n2ccccc2=O)cc1N1CCCCC1. The van der Waals surface area contributed by atoms with Crippen LogP contribution in [0.3, 0.4) is 0 Å². The maximum absolute atomic E-state index is 13.4. The van der Waals surface area contributed by atoms with Crippen LogP contribution in [0, 0.1) is 12.8 Å². The zero-order valence-electron chi connectivity index (χ0n) is 19.8. The quantitative estimate of drug-likeness (QED) is 0.597. The summed E-state index contributed by atoms with van der Waals surface area (Å²) in [5, 5.41) is 12.5. The molecule has 33 heavy (non-hydrogen) atoms. The average Bonchev–Trinajstić information content (AvgIpc) is 2.78. The number of hydrogen-bond acceptors (Lipinski definition) is 4. The monoisotopic (exact) mass is 453 g/mol. The van der Waals surface area contributed by atoms with E-state index < -0.39 is 18.1 Å². The van der Waals surface area contributed by atoms with Crippen LogP contribution in [0.25, 0.3) is 0 Å². The number of aliphatic carboxylic acids is 1. The number of carbonyl (C=O) groups is 2. The van der Waals surface area contributed by atoms with Gasteiger partial charge in [0.2, 0.25) is 5.91 Å². The lowest BCUT2D eigenvalue weighted by Gasteiger charge is -2.31. The van der Waals surface area contributed by atoms with Gasteiger partial charge in [0.05, 0.1) is 12.5 Å². The van der Waals surface area contributed by atoms with Crippen molar-refractivity contribution < 1.29 is 14.7 Å². The topological polar surface area (TPSA) is 91.6 Å². The third kappa shape index (κ3) is 6.46. The second-order valence-corrected chi connectivity index (χ2v) is 9.34. The van der Waals surface area contributed by atoms with Crippen molar-refractivity contribution >= 4 is 17.6 Å². The van der Waals surface area contributed by atoms with E-state index in [0.717, 1.165) is 42.7 Å². The van der Waals surface area contributed by atoms with Crippen LogP contribution in [0.5, 0.6) is 0 Å². The maximum Gasteiger partial charge on any atom is 0.305 e. The van der Waals surface area contributed by atoms with E-state index in [1.165, 1.54) is 17.1 Å². The summed E-state index contributed by atoms with van der Waals surface area (Å²) in [5.74, 6) is -1.16. The molecule has 178 valence electrons. The second kappa shape index (κ2) is 11.2. The summed E-state index contributed by atoms with van der Waals surface area (Å²) in [6.07, 6.45) is 5.36. The number of pyridine rings is 1.